The summed E-state index contributed by atoms with van der Waals surface area (Å²) < 4.78 is 51.4. The van der Waals surface area contributed by atoms with Gasteiger partial charge in [-0.05, 0) is 65.7 Å². The topological polar surface area (TPSA) is 129 Å². The summed E-state index contributed by atoms with van der Waals surface area (Å²) in [7, 11) is 1.41. The van der Waals surface area contributed by atoms with Crippen molar-refractivity contribution in [3.63, 3.8) is 0 Å². The number of carbonyl (C=O) groups excluding carboxylic acids is 2. The van der Waals surface area contributed by atoms with Crippen molar-refractivity contribution < 1.29 is 47.6 Å². The van der Waals surface area contributed by atoms with Gasteiger partial charge >= 0.3 is 6.18 Å². The molecule has 13 heteroatoms. The fourth-order valence-electron chi connectivity index (χ4n) is 5.69. The van der Waals surface area contributed by atoms with E-state index >= 15 is 0 Å². The second kappa shape index (κ2) is 13.1. The molecule has 2 amide bonds. The first-order valence-electron chi connectivity index (χ1n) is 14.0. The van der Waals surface area contributed by atoms with E-state index in [0.717, 1.165) is 24.3 Å². The molecule has 5 rings (SSSR count). The molecule has 9 nitrogen and oxygen atoms in total. The van der Waals surface area contributed by atoms with Crippen molar-refractivity contribution in [2.75, 3.05) is 20.3 Å². The van der Waals surface area contributed by atoms with E-state index in [1.807, 2.05) is 0 Å². The van der Waals surface area contributed by atoms with Gasteiger partial charge in [0.2, 0.25) is 5.91 Å². The number of methoxy groups -OCH3 is 1. The molecular formula is C32H30ClF3N2O7. The summed E-state index contributed by atoms with van der Waals surface area (Å²) >= 11 is 6.05. The second-order valence-electron chi connectivity index (χ2n) is 10.7. The number of nitrogens with one attached hydrogen (secondary N) is 1. The molecule has 0 spiro atoms. The van der Waals surface area contributed by atoms with Crippen LogP contribution in [0.4, 0.5) is 13.2 Å². The molecule has 4 unspecified atom stereocenters. The third kappa shape index (κ3) is 6.50. The number of nitrogens with zero attached hydrogens (tertiary/aromatic N) is 1. The lowest BCUT2D eigenvalue weighted by Crippen LogP contribution is -2.55. The Bertz CT molecular complexity index is 1600. The van der Waals surface area contributed by atoms with E-state index in [-0.39, 0.29) is 48.9 Å². The highest BCUT2D eigenvalue weighted by Gasteiger charge is 2.51. The van der Waals surface area contributed by atoms with Crippen LogP contribution < -0.4 is 14.8 Å². The zero-order chi connectivity index (χ0) is 32.5. The Morgan fingerprint density at radius 3 is 2.33 bits per heavy atom. The number of benzene rings is 3. The first-order chi connectivity index (χ1) is 21.5. The number of amides is 2. The van der Waals surface area contributed by atoms with Gasteiger partial charge in [-0.15, -0.1) is 0 Å². The van der Waals surface area contributed by atoms with Crippen molar-refractivity contribution in [2.24, 2.45) is 0 Å². The lowest BCUT2D eigenvalue weighted by Gasteiger charge is -2.40. The van der Waals surface area contributed by atoms with Crippen molar-refractivity contribution in [2.45, 2.75) is 43.5 Å². The van der Waals surface area contributed by atoms with E-state index in [2.05, 4.69) is 5.32 Å². The molecule has 0 saturated heterocycles. The van der Waals surface area contributed by atoms with E-state index in [9.17, 15) is 38.1 Å². The molecule has 1 aliphatic heterocycles. The Morgan fingerprint density at radius 2 is 1.73 bits per heavy atom. The molecule has 0 fully saturated rings. The summed E-state index contributed by atoms with van der Waals surface area (Å²) in [6.45, 7) is -0.862. The van der Waals surface area contributed by atoms with Gasteiger partial charge in [0.05, 0.1) is 37.8 Å². The van der Waals surface area contributed by atoms with E-state index in [0.29, 0.717) is 21.7 Å². The summed E-state index contributed by atoms with van der Waals surface area (Å²) in [5.74, 6) is -1.62. The Kier molecular flexibility index (Phi) is 9.40. The van der Waals surface area contributed by atoms with Crippen LogP contribution in [0.25, 0.3) is 0 Å². The average molecular weight is 647 g/mol. The number of fused-ring (bicyclic) bond motifs is 3. The van der Waals surface area contributed by atoms with Crippen LogP contribution in [0.3, 0.4) is 0 Å². The van der Waals surface area contributed by atoms with Crippen LogP contribution in [0.2, 0.25) is 5.02 Å². The molecule has 1 heterocycles. The summed E-state index contributed by atoms with van der Waals surface area (Å²) in [4.78, 5) is 28.8. The minimum atomic E-state index is -4.61. The number of carbonyl (C=O) groups is 2. The molecular weight excluding hydrogens is 617 g/mol. The molecule has 0 bridgehead atoms. The van der Waals surface area contributed by atoms with Crippen molar-refractivity contribution in [3.05, 3.63) is 105 Å². The lowest BCUT2D eigenvalue weighted by atomic mass is 9.77. The van der Waals surface area contributed by atoms with Crippen LogP contribution in [0.15, 0.2) is 72.3 Å². The highest BCUT2D eigenvalue weighted by molar-refractivity contribution is 6.30. The van der Waals surface area contributed by atoms with E-state index in [1.165, 1.54) is 18.1 Å². The standard InChI is InChI=1S/C32H30ClF3N2O7/c1-44-25-13-18(16-40)12-22-26-23(30(42)37-10-11-39)14-24(27(41)29(26)45-28(22)25)38(15-17-2-8-21(33)9-3-17)31(43)19-4-6-20(7-5-19)32(34,35)36/h2-9,12-14,24,26-27,29,39-41H,10-11,15-16H2,1H3,(H,37,42). The minimum absolute atomic E-state index is 0.0733. The van der Waals surface area contributed by atoms with E-state index in [4.69, 9.17) is 21.1 Å². The third-order valence-electron chi connectivity index (χ3n) is 7.84. The van der Waals surface area contributed by atoms with Crippen LogP contribution in [0.5, 0.6) is 11.5 Å². The number of halogens is 4. The molecule has 2 aliphatic rings. The molecule has 1 aliphatic carbocycles. The highest BCUT2D eigenvalue weighted by atomic mass is 35.5. The maximum Gasteiger partial charge on any atom is 0.416 e. The van der Waals surface area contributed by atoms with E-state index in [1.54, 1.807) is 36.4 Å². The lowest BCUT2D eigenvalue weighted by molar-refractivity contribution is -0.137. The normalized spacial score (nSPS) is 20.4. The van der Waals surface area contributed by atoms with E-state index < -0.39 is 47.7 Å². The zero-order valence-electron chi connectivity index (χ0n) is 23.9. The molecule has 0 saturated carbocycles. The Hall–Kier alpha value is -4.10. The average Bonchev–Trinajstić information content (AvgIpc) is 3.42. The number of ether oxygens (including phenoxy) is 2. The SMILES string of the molecule is COc1cc(CO)cc2c1OC1C2C(C(=O)NCCO)=CC(N(Cc2ccc(Cl)cc2)C(=O)c2ccc(C(F)(F)F)cc2)C1O. The van der Waals surface area contributed by atoms with Gasteiger partial charge in [-0.2, -0.15) is 13.2 Å². The Morgan fingerprint density at radius 1 is 1.04 bits per heavy atom. The zero-order valence-corrected chi connectivity index (χ0v) is 24.7. The number of rotatable bonds is 9. The Labute approximate surface area is 261 Å². The molecule has 3 aromatic carbocycles. The number of aliphatic hydroxyl groups excluding tert-OH is 3. The van der Waals surface area contributed by atoms with Gasteiger partial charge < -0.3 is 35.0 Å². The van der Waals surface area contributed by atoms with Gasteiger partial charge in [-0.3, -0.25) is 9.59 Å². The van der Waals surface area contributed by atoms with Gasteiger partial charge in [0.15, 0.2) is 11.5 Å². The van der Waals surface area contributed by atoms with Crippen LogP contribution in [0, 0.1) is 0 Å². The van der Waals surface area contributed by atoms with Crippen LogP contribution in [0.1, 0.15) is 38.5 Å². The number of hydrogen-bond donors (Lipinski definition) is 4. The van der Waals surface area contributed by atoms with Crippen LogP contribution >= 0.6 is 11.6 Å². The summed E-state index contributed by atoms with van der Waals surface area (Å²) in [6.07, 6.45) is -5.69. The molecule has 4 N–H and O–H groups in total. The summed E-state index contributed by atoms with van der Waals surface area (Å²) in [5, 5.41) is 34.1. The molecule has 3 aromatic rings. The molecule has 45 heavy (non-hydrogen) atoms. The minimum Gasteiger partial charge on any atom is -0.493 e. The maximum atomic E-state index is 14.0. The monoisotopic (exact) mass is 646 g/mol. The van der Waals surface area contributed by atoms with Crippen molar-refractivity contribution in [3.8, 4) is 11.5 Å². The summed E-state index contributed by atoms with van der Waals surface area (Å²) in [6, 6.07) is 12.3. The van der Waals surface area contributed by atoms with Crippen LogP contribution in [-0.4, -0.2) is 70.5 Å². The molecule has 4 atom stereocenters. The predicted octanol–water partition coefficient (Wildman–Crippen LogP) is 3.82. The second-order valence-corrected chi connectivity index (χ2v) is 11.1. The first-order valence-corrected chi connectivity index (χ1v) is 14.3. The quantitative estimate of drug-likeness (QED) is 0.278. The number of aliphatic hydroxyl groups is 3. The maximum absolute atomic E-state index is 14.0. The smallest absolute Gasteiger partial charge is 0.416 e. The fraction of sp³-hybridized carbons (Fsp3) is 0.312. The fourth-order valence-corrected chi connectivity index (χ4v) is 5.81. The highest BCUT2D eigenvalue weighted by Crippen LogP contribution is 2.51. The third-order valence-corrected chi connectivity index (χ3v) is 8.09. The largest absolute Gasteiger partial charge is 0.493 e. The molecule has 238 valence electrons. The van der Waals surface area contributed by atoms with Gasteiger partial charge in [0.25, 0.3) is 5.91 Å². The molecule has 0 aromatic heterocycles. The van der Waals surface area contributed by atoms with Gasteiger partial charge in [-0.25, -0.2) is 0 Å². The molecule has 0 radical (unpaired) electrons. The number of alkyl halides is 3. The summed E-state index contributed by atoms with van der Waals surface area (Å²) in [5.41, 5.74) is 0.670. The van der Waals surface area contributed by atoms with Crippen molar-refractivity contribution in [1.29, 1.82) is 0 Å². The van der Waals surface area contributed by atoms with Gasteiger partial charge in [0, 0.05) is 34.8 Å². The number of hydrogen-bond acceptors (Lipinski definition) is 7. The van der Waals surface area contributed by atoms with Crippen molar-refractivity contribution >= 4 is 23.4 Å². The Balaban J connectivity index is 1.62. The first kappa shape index (κ1) is 32.3. The van der Waals surface area contributed by atoms with Crippen LogP contribution in [-0.2, 0) is 24.1 Å². The van der Waals surface area contributed by atoms with Gasteiger partial charge in [0.1, 0.15) is 12.2 Å². The van der Waals surface area contributed by atoms with Gasteiger partial charge in [-0.1, -0.05) is 23.7 Å². The predicted molar refractivity (Wildman–Crippen MR) is 157 cm³/mol. The van der Waals surface area contributed by atoms with Crippen molar-refractivity contribution in [1.82, 2.24) is 10.2 Å².